The lowest BCUT2D eigenvalue weighted by atomic mass is 9.84. The smallest absolute Gasteiger partial charge is 0.287 e. The molecule has 0 radical (unpaired) electrons. The molecule has 2 aromatic rings. The molecule has 3 rings (SSSR count). The van der Waals surface area contributed by atoms with Crippen LogP contribution >= 0.6 is 0 Å². The molecule has 0 fully saturated rings. The van der Waals surface area contributed by atoms with E-state index in [9.17, 15) is 14.0 Å². The van der Waals surface area contributed by atoms with Crippen LogP contribution in [0.3, 0.4) is 0 Å². The lowest BCUT2D eigenvalue weighted by Crippen LogP contribution is -2.35. The normalized spacial score (nSPS) is 19.9. The van der Waals surface area contributed by atoms with Crippen molar-refractivity contribution in [2.24, 2.45) is 5.41 Å². The number of carbonyl (C=O) groups excluding carboxylic acids is 1. The first kappa shape index (κ1) is 15.2. The van der Waals surface area contributed by atoms with Crippen LogP contribution in [0.1, 0.15) is 23.9 Å². The molecule has 0 bridgehead atoms. The first-order chi connectivity index (χ1) is 11.0. The molecular formula is C18H16FNO3. The van der Waals surface area contributed by atoms with Gasteiger partial charge in [-0.25, -0.2) is 4.39 Å². The molecule has 23 heavy (non-hydrogen) atoms. The highest BCUT2D eigenvalue weighted by Gasteiger charge is 2.22. The highest BCUT2D eigenvalue weighted by atomic mass is 19.1. The summed E-state index contributed by atoms with van der Waals surface area (Å²) in [6, 6.07) is 4.73. The number of nitrogens with one attached hydrogen (secondary N) is 1. The van der Waals surface area contributed by atoms with Gasteiger partial charge in [-0.1, -0.05) is 31.2 Å². The molecule has 1 atom stereocenters. The third-order valence-electron chi connectivity index (χ3n) is 3.90. The number of benzene rings is 1. The van der Waals surface area contributed by atoms with E-state index in [4.69, 9.17) is 4.42 Å². The number of hydrogen-bond acceptors (Lipinski definition) is 3. The maximum Gasteiger partial charge on any atom is 0.287 e. The van der Waals surface area contributed by atoms with Gasteiger partial charge in [-0.2, -0.15) is 0 Å². The second kappa shape index (κ2) is 5.83. The van der Waals surface area contributed by atoms with E-state index in [0.29, 0.717) is 6.54 Å². The summed E-state index contributed by atoms with van der Waals surface area (Å²) in [6.07, 6.45) is 8.81. The molecule has 1 aromatic heterocycles. The van der Waals surface area contributed by atoms with Gasteiger partial charge in [0.2, 0.25) is 0 Å². The molecule has 1 N–H and O–H groups in total. The number of fused-ring (bicyclic) bond motifs is 1. The predicted molar refractivity (Wildman–Crippen MR) is 85.8 cm³/mol. The average Bonchev–Trinajstić information content (AvgIpc) is 2.54. The molecule has 118 valence electrons. The van der Waals surface area contributed by atoms with Gasteiger partial charge >= 0.3 is 0 Å². The molecule has 0 saturated carbocycles. The lowest BCUT2D eigenvalue weighted by Gasteiger charge is -2.26. The first-order valence-corrected chi connectivity index (χ1v) is 7.33. The highest BCUT2D eigenvalue weighted by molar-refractivity contribution is 5.93. The van der Waals surface area contributed by atoms with Crippen LogP contribution in [0, 0.1) is 11.2 Å². The number of halogens is 1. The fourth-order valence-corrected chi connectivity index (χ4v) is 2.51. The van der Waals surface area contributed by atoms with E-state index in [1.54, 1.807) is 0 Å². The van der Waals surface area contributed by atoms with Gasteiger partial charge in [0.1, 0.15) is 11.4 Å². The second-order valence-electron chi connectivity index (χ2n) is 5.94. The van der Waals surface area contributed by atoms with Crippen molar-refractivity contribution in [1.82, 2.24) is 5.32 Å². The Kier molecular flexibility index (Phi) is 3.86. The van der Waals surface area contributed by atoms with Gasteiger partial charge in [0.05, 0.1) is 5.39 Å². The molecule has 1 amide bonds. The minimum Gasteiger partial charge on any atom is -0.451 e. The van der Waals surface area contributed by atoms with E-state index in [2.05, 4.69) is 5.32 Å². The van der Waals surface area contributed by atoms with Crippen molar-refractivity contribution in [1.29, 1.82) is 0 Å². The monoisotopic (exact) mass is 313 g/mol. The molecule has 4 nitrogen and oxygen atoms in total. The fourth-order valence-electron chi connectivity index (χ4n) is 2.51. The van der Waals surface area contributed by atoms with Gasteiger partial charge in [-0.05, 0) is 24.6 Å². The third-order valence-corrected chi connectivity index (χ3v) is 3.90. The predicted octanol–water partition coefficient (Wildman–Crippen LogP) is 3.18. The van der Waals surface area contributed by atoms with Crippen LogP contribution in [-0.4, -0.2) is 12.5 Å². The number of allylic oxidation sites excluding steroid dienone is 3. The first-order valence-electron chi connectivity index (χ1n) is 7.33. The Morgan fingerprint density at radius 2 is 2.17 bits per heavy atom. The van der Waals surface area contributed by atoms with Gasteiger partial charge in [0.15, 0.2) is 11.2 Å². The zero-order valence-electron chi connectivity index (χ0n) is 12.6. The van der Waals surface area contributed by atoms with E-state index >= 15 is 0 Å². The van der Waals surface area contributed by atoms with Gasteiger partial charge < -0.3 is 9.73 Å². The maximum absolute atomic E-state index is 13.2. The molecule has 0 spiro atoms. The van der Waals surface area contributed by atoms with Gasteiger partial charge in [0.25, 0.3) is 5.91 Å². The summed E-state index contributed by atoms with van der Waals surface area (Å²) in [4.78, 5) is 24.2. The molecule has 0 aliphatic heterocycles. The number of hydrogen-bond donors (Lipinski definition) is 1. The highest BCUT2D eigenvalue weighted by Crippen LogP contribution is 2.26. The zero-order valence-corrected chi connectivity index (χ0v) is 12.6. The molecule has 1 unspecified atom stereocenters. The van der Waals surface area contributed by atoms with E-state index in [0.717, 1.165) is 18.6 Å². The summed E-state index contributed by atoms with van der Waals surface area (Å²) in [6.45, 7) is 2.46. The van der Waals surface area contributed by atoms with Crippen LogP contribution in [0.4, 0.5) is 4.39 Å². The number of amides is 1. The van der Waals surface area contributed by atoms with Crippen molar-refractivity contribution in [3.8, 4) is 0 Å². The Labute approximate surface area is 132 Å². The summed E-state index contributed by atoms with van der Waals surface area (Å²) in [5, 5.41) is 2.90. The van der Waals surface area contributed by atoms with Crippen molar-refractivity contribution in [3.05, 3.63) is 70.4 Å². The van der Waals surface area contributed by atoms with Crippen LogP contribution in [0.25, 0.3) is 11.0 Å². The van der Waals surface area contributed by atoms with Crippen molar-refractivity contribution in [2.45, 2.75) is 13.3 Å². The van der Waals surface area contributed by atoms with E-state index in [1.165, 1.54) is 12.1 Å². The van der Waals surface area contributed by atoms with Crippen molar-refractivity contribution in [2.75, 3.05) is 6.54 Å². The Hall–Kier alpha value is -2.69. The summed E-state index contributed by atoms with van der Waals surface area (Å²) in [5.41, 5.74) is -0.414. The minimum atomic E-state index is -0.521. The topological polar surface area (TPSA) is 59.3 Å². The molecule has 1 heterocycles. The Morgan fingerprint density at radius 3 is 2.91 bits per heavy atom. The number of carbonyl (C=O) groups is 1. The fraction of sp³-hybridized carbons (Fsp3) is 0.222. The molecule has 0 saturated heterocycles. The molecule has 1 aliphatic rings. The molecule has 1 aromatic carbocycles. The van der Waals surface area contributed by atoms with Crippen LogP contribution in [0.15, 0.2) is 57.8 Å². The molecular weight excluding hydrogens is 297 g/mol. The Morgan fingerprint density at radius 1 is 1.35 bits per heavy atom. The average molecular weight is 313 g/mol. The van der Waals surface area contributed by atoms with Crippen molar-refractivity contribution in [3.63, 3.8) is 0 Å². The summed E-state index contributed by atoms with van der Waals surface area (Å²) < 4.78 is 18.6. The van der Waals surface area contributed by atoms with Gasteiger partial charge in [-0.15, -0.1) is 0 Å². The van der Waals surface area contributed by atoms with E-state index < -0.39 is 17.2 Å². The number of rotatable bonds is 3. The standard InChI is InChI=1S/C18H16FNO3/c1-18(7-3-2-4-8-18)11-20-17(22)16-10-14(21)13-9-12(19)5-6-15(13)23-16/h2-7,9-10H,8,11H2,1H3,(H,20,22). The van der Waals surface area contributed by atoms with Gasteiger partial charge in [-0.3, -0.25) is 9.59 Å². The Bertz CT molecular complexity index is 881. The third kappa shape index (κ3) is 3.23. The van der Waals surface area contributed by atoms with Crippen molar-refractivity contribution < 1.29 is 13.6 Å². The summed E-state index contributed by atoms with van der Waals surface area (Å²) in [7, 11) is 0. The zero-order chi connectivity index (χ0) is 16.4. The Balaban J connectivity index is 1.81. The van der Waals surface area contributed by atoms with E-state index in [1.807, 2.05) is 31.2 Å². The van der Waals surface area contributed by atoms with Crippen LogP contribution < -0.4 is 10.7 Å². The maximum atomic E-state index is 13.2. The van der Waals surface area contributed by atoms with Crippen LogP contribution in [0.2, 0.25) is 0 Å². The SMILES string of the molecule is CC1(CNC(=O)c2cc(=O)c3cc(F)ccc3o2)C=CC=CC1. The van der Waals surface area contributed by atoms with E-state index in [-0.39, 0.29) is 22.1 Å². The minimum absolute atomic E-state index is 0.0759. The molecule has 5 heteroatoms. The van der Waals surface area contributed by atoms with Crippen LogP contribution in [0.5, 0.6) is 0 Å². The largest absolute Gasteiger partial charge is 0.451 e. The van der Waals surface area contributed by atoms with Gasteiger partial charge in [0, 0.05) is 18.0 Å². The van der Waals surface area contributed by atoms with Crippen molar-refractivity contribution >= 4 is 16.9 Å². The summed E-state index contributed by atoms with van der Waals surface area (Å²) >= 11 is 0. The summed E-state index contributed by atoms with van der Waals surface area (Å²) in [5.74, 6) is -1.06. The second-order valence-corrected chi connectivity index (χ2v) is 5.94. The van der Waals surface area contributed by atoms with Crippen LogP contribution in [-0.2, 0) is 0 Å². The molecule has 1 aliphatic carbocycles. The lowest BCUT2D eigenvalue weighted by molar-refractivity contribution is 0.0914. The quantitative estimate of drug-likeness (QED) is 0.946.